The summed E-state index contributed by atoms with van der Waals surface area (Å²) in [5.74, 6) is 0.199. The molecule has 1 saturated heterocycles. The standard InChI is InChI=1S/C12H15IN2O/c1-9-12(16)15(7-6-14-9)8-10-2-4-11(13)5-3-10/h2-5,9,14H,6-8H2,1H3. The Labute approximate surface area is 109 Å². The number of carbonyl (C=O) groups excluding carboxylic acids is 1. The Morgan fingerprint density at radius 2 is 2.12 bits per heavy atom. The Balaban J connectivity index is 2.03. The third kappa shape index (κ3) is 2.74. The second-order valence-corrected chi connectivity index (χ2v) is 5.31. The molecule has 3 nitrogen and oxygen atoms in total. The number of carbonyl (C=O) groups is 1. The number of benzene rings is 1. The van der Waals surface area contributed by atoms with Gasteiger partial charge in [-0.3, -0.25) is 4.79 Å². The number of halogens is 1. The van der Waals surface area contributed by atoms with Gasteiger partial charge in [-0.25, -0.2) is 0 Å². The van der Waals surface area contributed by atoms with Crippen LogP contribution in [0.4, 0.5) is 0 Å². The van der Waals surface area contributed by atoms with Crippen LogP contribution in [0.3, 0.4) is 0 Å². The van der Waals surface area contributed by atoms with E-state index in [4.69, 9.17) is 0 Å². The summed E-state index contributed by atoms with van der Waals surface area (Å²) in [6.07, 6.45) is 0. The molecule has 1 N–H and O–H groups in total. The van der Waals surface area contributed by atoms with Gasteiger partial charge in [0.1, 0.15) is 0 Å². The van der Waals surface area contributed by atoms with Crippen molar-refractivity contribution in [2.75, 3.05) is 13.1 Å². The maximum absolute atomic E-state index is 11.9. The predicted molar refractivity (Wildman–Crippen MR) is 72.0 cm³/mol. The van der Waals surface area contributed by atoms with E-state index in [1.165, 1.54) is 9.13 Å². The number of hydrogen-bond acceptors (Lipinski definition) is 2. The minimum atomic E-state index is -0.0439. The molecule has 0 aliphatic carbocycles. The monoisotopic (exact) mass is 330 g/mol. The number of hydrogen-bond donors (Lipinski definition) is 1. The van der Waals surface area contributed by atoms with Gasteiger partial charge < -0.3 is 10.2 Å². The Kier molecular flexibility index (Phi) is 3.81. The molecule has 0 saturated carbocycles. The number of nitrogens with zero attached hydrogens (tertiary/aromatic N) is 1. The molecule has 1 atom stereocenters. The first kappa shape index (κ1) is 11.9. The van der Waals surface area contributed by atoms with Gasteiger partial charge in [-0.1, -0.05) is 12.1 Å². The molecule has 16 heavy (non-hydrogen) atoms. The Morgan fingerprint density at radius 1 is 1.44 bits per heavy atom. The molecule has 1 aromatic rings. The molecule has 1 aromatic carbocycles. The van der Waals surface area contributed by atoms with Gasteiger partial charge in [0.05, 0.1) is 6.04 Å². The Bertz CT molecular complexity index is 377. The van der Waals surface area contributed by atoms with Crippen LogP contribution in [0.1, 0.15) is 12.5 Å². The van der Waals surface area contributed by atoms with Crippen LogP contribution >= 0.6 is 22.6 Å². The topological polar surface area (TPSA) is 32.3 Å². The second-order valence-electron chi connectivity index (χ2n) is 4.06. The van der Waals surface area contributed by atoms with Crippen molar-refractivity contribution in [3.63, 3.8) is 0 Å². The highest BCUT2D eigenvalue weighted by Crippen LogP contribution is 2.11. The number of piperazine rings is 1. The van der Waals surface area contributed by atoms with E-state index in [1.807, 2.05) is 11.8 Å². The molecule has 1 unspecified atom stereocenters. The van der Waals surface area contributed by atoms with E-state index < -0.39 is 0 Å². The molecule has 86 valence electrons. The van der Waals surface area contributed by atoms with Gasteiger partial charge in [-0.15, -0.1) is 0 Å². The SMILES string of the molecule is CC1NCCN(Cc2ccc(I)cc2)C1=O. The molecule has 1 fully saturated rings. The van der Waals surface area contributed by atoms with E-state index in [9.17, 15) is 4.79 Å². The van der Waals surface area contributed by atoms with Crippen LogP contribution in [0.2, 0.25) is 0 Å². The second kappa shape index (κ2) is 5.14. The summed E-state index contributed by atoms with van der Waals surface area (Å²) in [6, 6.07) is 8.28. The summed E-state index contributed by atoms with van der Waals surface area (Å²) < 4.78 is 1.22. The maximum atomic E-state index is 11.9. The maximum Gasteiger partial charge on any atom is 0.239 e. The predicted octanol–water partition coefficient (Wildman–Crippen LogP) is 1.61. The molecule has 0 radical (unpaired) electrons. The fourth-order valence-corrected chi connectivity index (χ4v) is 2.21. The average molecular weight is 330 g/mol. The molecule has 1 amide bonds. The highest BCUT2D eigenvalue weighted by Gasteiger charge is 2.24. The van der Waals surface area contributed by atoms with Gasteiger partial charge in [0.2, 0.25) is 5.91 Å². The van der Waals surface area contributed by atoms with Crippen LogP contribution in [-0.2, 0) is 11.3 Å². The van der Waals surface area contributed by atoms with Crippen molar-refractivity contribution in [1.82, 2.24) is 10.2 Å². The minimum Gasteiger partial charge on any atom is -0.336 e. The molecular formula is C12H15IN2O. The fourth-order valence-electron chi connectivity index (χ4n) is 1.85. The van der Waals surface area contributed by atoms with Crippen molar-refractivity contribution in [1.29, 1.82) is 0 Å². The lowest BCUT2D eigenvalue weighted by molar-refractivity contribution is -0.135. The van der Waals surface area contributed by atoms with Crippen LogP contribution in [0.15, 0.2) is 24.3 Å². The highest BCUT2D eigenvalue weighted by molar-refractivity contribution is 14.1. The van der Waals surface area contributed by atoms with Crippen LogP contribution in [0.5, 0.6) is 0 Å². The zero-order chi connectivity index (χ0) is 11.5. The van der Waals surface area contributed by atoms with Crippen molar-refractivity contribution in [2.24, 2.45) is 0 Å². The third-order valence-corrected chi connectivity index (χ3v) is 3.52. The van der Waals surface area contributed by atoms with Gasteiger partial charge in [0.15, 0.2) is 0 Å². The van der Waals surface area contributed by atoms with Gasteiger partial charge in [-0.05, 0) is 47.2 Å². The molecule has 2 rings (SSSR count). The summed E-state index contributed by atoms with van der Waals surface area (Å²) in [5, 5.41) is 3.16. The third-order valence-electron chi connectivity index (χ3n) is 2.80. The Hall–Kier alpha value is -0.620. The number of amides is 1. The van der Waals surface area contributed by atoms with Gasteiger partial charge in [0.25, 0.3) is 0 Å². The lowest BCUT2D eigenvalue weighted by Gasteiger charge is -2.31. The smallest absolute Gasteiger partial charge is 0.239 e. The summed E-state index contributed by atoms with van der Waals surface area (Å²) >= 11 is 2.28. The molecular weight excluding hydrogens is 315 g/mol. The van der Waals surface area contributed by atoms with E-state index >= 15 is 0 Å². The molecule has 0 aromatic heterocycles. The van der Waals surface area contributed by atoms with E-state index in [0.717, 1.165) is 19.6 Å². The molecule has 0 bridgehead atoms. The van der Waals surface area contributed by atoms with Crippen LogP contribution in [0, 0.1) is 3.57 Å². The van der Waals surface area contributed by atoms with Crippen molar-refractivity contribution in [2.45, 2.75) is 19.5 Å². The van der Waals surface area contributed by atoms with E-state index in [2.05, 4.69) is 52.2 Å². The van der Waals surface area contributed by atoms with Crippen LogP contribution in [-0.4, -0.2) is 29.9 Å². The van der Waals surface area contributed by atoms with E-state index in [1.54, 1.807) is 0 Å². The lowest BCUT2D eigenvalue weighted by atomic mass is 10.1. The fraction of sp³-hybridized carbons (Fsp3) is 0.417. The Morgan fingerprint density at radius 3 is 2.81 bits per heavy atom. The van der Waals surface area contributed by atoms with Crippen molar-refractivity contribution < 1.29 is 4.79 Å². The van der Waals surface area contributed by atoms with Gasteiger partial charge >= 0.3 is 0 Å². The van der Waals surface area contributed by atoms with Crippen LogP contribution in [0.25, 0.3) is 0 Å². The largest absolute Gasteiger partial charge is 0.336 e. The molecule has 0 spiro atoms. The average Bonchev–Trinajstić information content (AvgIpc) is 2.28. The zero-order valence-electron chi connectivity index (χ0n) is 9.24. The zero-order valence-corrected chi connectivity index (χ0v) is 11.4. The van der Waals surface area contributed by atoms with E-state index in [0.29, 0.717) is 0 Å². The normalized spacial score (nSPS) is 21.2. The van der Waals surface area contributed by atoms with Crippen molar-refractivity contribution in [3.8, 4) is 0 Å². The minimum absolute atomic E-state index is 0.0439. The first-order valence-corrected chi connectivity index (χ1v) is 6.51. The first-order chi connectivity index (χ1) is 7.66. The van der Waals surface area contributed by atoms with Crippen LogP contribution < -0.4 is 5.32 Å². The summed E-state index contributed by atoms with van der Waals surface area (Å²) in [6.45, 7) is 4.33. The molecule has 1 heterocycles. The van der Waals surface area contributed by atoms with Crippen molar-refractivity contribution in [3.05, 3.63) is 33.4 Å². The van der Waals surface area contributed by atoms with Gasteiger partial charge in [0, 0.05) is 23.2 Å². The highest BCUT2D eigenvalue weighted by atomic mass is 127. The van der Waals surface area contributed by atoms with Gasteiger partial charge in [-0.2, -0.15) is 0 Å². The number of rotatable bonds is 2. The summed E-state index contributed by atoms with van der Waals surface area (Å²) in [4.78, 5) is 13.8. The summed E-state index contributed by atoms with van der Waals surface area (Å²) in [5.41, 5.74) is 1.20. The van der Waals surface area contributed by atoms with Crippen molar-refractivity contribution >= 4 is 28.5 Å². The lowest BCUT2D eigenvalue weighted by Crippen LogP contribution is -2.53. The molecule has 1 aliphatic heterocycles. The summed E-state index contributed by atoms with van der Waals surface area (Å²) in [7, 11) is 0. The quantitative estimate of drug-likeness (QED) is 0.836. The molecule has 1 aliphatic rings. The van der Waals surface area contributed by atoms with E-state index in [-0.39, 0.29) is 11.9 Å². The molecule has 4 heteroatoms. The first-order valence-electron chi connectivity index (χ1n) is 5.43. The number of nitrogens with one attached hydrogen (secondary N) is 1.